The molecular weight excluding hydrogens is 679 g/mol. The van der Waals surface area contributed by atoms with Crippen LogP contribution in [0.5, 0.6) is 0 Å². The number of nitrogens with zero attached hydrogens (tertiary/aromatic N) is 1. The fourth-order valence-electron chi connectivity index (χ4n) is 13.6. The van der Waals surface area contributed by atoms with Crippen LogP contribution in [0.25, 0.3) is 0 Å². The summed E-state index contributed by atoms with van der Waals surface area (Å²) in [6, 6.07) is 2.35. The predicted molar refractivity (Wildman–Crippen MR) is 196 cm³/mol. The Hall–Kier alpha value is -1.13. The molecule has 0 saturated heterocycles. The molecule has 5 heteroatoms. The molecule has 1 unspecified atom stereocenters. The van der Waals surface area contributed by atoms with Crippen LogP contribution in [0.15, 0.2) is 35.5 Å². The average Bonchev–Trinajstić information content (AvgIpc) is 3.41. The van der Waals surface area contributed by atoms with Crippen molar-refractivity contribution < 1.29 is 9.53 Å². The highest BCUT2D eigenvalue weighted by Crippen LogP contribution is 2.76. The van der Waals surface area contributed by atoms with Gasteiger partial charge in [0, 0.05) is 16.5 Å². The molecular formula is C41H61IN2O2. The SMILES string of the molecule is C=C(C)[C@@H]1CC[C@]2(NCCI)CC[C@]3(C)[C@H](CC[C@@H]4[C@@]5(C)CC=C(C6=CCC(C#N)(C(=O)OCC)CC6)C(C)(C)[C@@H]5CC[C@]43C)[C@@H]12. The van der Waals surface area contributed by atoms with E-state index in [4.69, 9.17) is 4.74 Å². The van der Waals surface area contributed by atoms with Crippen molar-refractivity contribution in [3.05, 3.63) is 35.5 Å². The number of esters is 1. The third-order valence-electron chi connectivity index (χ3n) is 16.0. The van der Waals surface area contributed by atoms with E-state index >= 15 is 0 Å². The monoisotopic (exact) mass is 740 g/mol. The van der Waals surface area contributed by atoms with Crippen LogP contribution < -0.4 is 5.32 Å². The minimum Gasteiger partial charge on any atom is -0.465 e. The van der Waals surface area contributed by atoms with Crippen LogP contribution in [0.2, 0.25) is 0 Å². The third-order valence-corrected chi connectivity index (χ3v) is 16.5. The van der Waals surface area contributed by atoms with Gasteiger partial charge in [0.05, 0.1) is 12.7 Å². The molecule has 4 nitrogen and oxygen atoms in total. The Morgan fingerprint density at radius 2 is 1.76 bits per heavy atom. The summed E-state index contributed by atoms with van der Waals surface area (Å²) in [5.74, 6) is 3.16. The average molecular weight is 741 g/mol. The quantitative estimate of drug-likeness (QED) is 0.122. The Morgan fingerprint density at radius 1 is 1.00 bits per heavy atom. The summed E-state index contributed by atoms with van der Waals surface area (Å²) in [5, 5.41) is 14.2. The first-order chi connectivity index (χ1) is 21.7. The number of nitrogens with one attached hydrogen (secondary N) is 1. The number of ether oxygens (including phenoxy) is 1. The number of fused-ring (bicyclic) bond motifs is 7. The number of allylic oxidation sites excluding steroid dienone is 5. The van der Waals surface area contributed by atoms with Gasteiger partial charge in [-0.15, -0.1) is 0 Å². The van der Waals surface area contributed by atoms with Gasteiger partial charge in [0.2, 0.25) is 0 Å². The maximum absolute atomic E-state index is 12.8. The van der Waals surface area contributed by atoms with E-state index in [2.05, 4.69) is 94.3 Å². The summed E-state index contributed by atoms with van der Waals surface area (Å²) in [6.45, 7) is 23.4. The molecule has 1 N–H and O–H groups in total. The van der Waals surface area contributed by atoms with E-state index in [1.165, 1.54) is 72.5 Å². The molecule has 0 aromatic heterocycles. The summed E-state index contributed by atoms with van der Waals surface area (Å²) in [5.41, 5.74) is 4.62. The smallest absolute Gasteiger partial charge is 0.326 e. The van der Waals surface area contributed by atoms with E-state index in [1.54, 1.807) is 0 Å². The van der Waals surface area contributed by atoms with Crippen LogP contribution in [0.3, 0.4) is 0 Å². The first-order valence-electron chi connectivity index (χ1n) is 18.6. The minimum absolute atomic E-state index is 0.0655. The van der Waals surface area contributed by atoms with Crippen molar-refractivity contribution in [3.8, 4) is 6.07 Å². The second-order valence-corrected chi connectivity index (χ2v) is 18.9. The lowest BCUT2D eigenvalue weighted by atomic mass is 9.33. The molecule has 0 amide bonds. The maximum atomic E-state index is 12.8. The second-order valence-electron chi connectivity index (χ2n) is 17.8. The van der Waals surface area contributed by atoms with Gasteiger partial charge in [-0.3, -0.25) is 4.79 Å². The van der Waals surface area contributed by atoms with E-state index < -0.39 is 5.41 Å². The Bertz CT molecular complexity index is 1360. The number of hydrogen-bond donors (Lipinski definition) is 1. The van der Waals surface area contributed by atoms with Crippen LogP contribution >= 0.6 is 22.6 Å². The number of halogens is 1. The first kappa shape index (κ1) is 34.7. The summed E-state index contributed by atoms with van der Waals surface area (Å²) in [6.07, 6.45) is 18.5. The third kappa shape index (κ3) is 4.82. The normalized spacial score (nSPS) is 45.9. The van der Waals surface area contributed by atoms with E-state index in [0.29, 0.717) is 47.7 Å². The van der Waals surface area contributed by atoms with Crippen LogP contribution in [0, 0.1) is 68.0 Å². The topological polar surface area (TPSA) is 62.1 Å². The molecule has 46 heavy (non-hydrogen) atoms. The highest BCUT2D eigenvalue weighted by Gasteiger charge is 2.70. The Labute approximate surface area is 294 Å². The zero-order valence-electron chi connectivity index (χ0n) is 30.0. The van der Waals surface area contributed by atoms with Crippen molar-refractivity contribution in [2.45, 2.75) is 131 Å². The Kier molecular flexibility index (Phi) is 9.08. The predicted octanol–water partition coefficient (Wildman–Crippen LogP) is 10.1. The largest absolute Gasteiger partial charge is 0.465 e. The molecule has 0 spiro atoms. The lowest BCUT2D eigenvalue weighted by molar-refractivity contribution is -0.221. The van der Waals surface area contributed by atoms with Crippen molar-refractivity contribution in [2.24, 2.45) is 56.7 Å². The fourth-order valence-corrected chi connectivity index (χ4v) is 13.9. The van der Waals surface area contributed by atoms with Crippen molar-refractivity contribution in [3.63, 3.8) is 0 Å². The molecule has 254 valence electrons. The van der Waals surface area contributed by atoms with Gasteiger partial charge in [0.25, 0.3) is 0 Å². The number of alkyl halides is 1. The van der Waals surface area contributed by atoms with Gasteiger partial charge >= 0.3 is 5.97 Å². The van der Waals surface area contributed by atoms with Gasteiger partial charge in [-0.05, 0) is 153 Å². The van der Waals surface area contributed by atoms with Crippen molar-refractivity contribution in [1.82, 2.24) is 5.32 Å². The molecule has 0 aromatic rings. The summed E-state index contributed by atoms with van der Waals surface area (Å²) in [7, 11) is 0. The number of carbonyl (C=O) groups is 1. The molecule has 6 rings (SSSR count). The molecule has 4 saturated carbocycles. The van der Waals surface area contributed by atoms with Crippen molar-refractivity contribution in [2.75, 3.05) is 17.6 Å². The molecule has 0 aromatic carbocycles. The van der Waals surface area contributed by atoms with Crippen LogP contribution in [0.1, 0.15) is 126 Å². The number of hydrogen-bond acceptors (Lipinski definition) is 4. The highest BCUT2D eigenvalue weighted by molar-refractivity contribution is 14.1. The second kappa shape index (κ2) is 12.0. The standard InChI is InChI=1S/C41H61IN2O2/c1-9-46-35(45)40(26-43)19-12-28(13-20-40)30-15-17-37(6)32(36(30,4)5)16-18-39(8)33(37)11-10-31-34-29(27(2)3)14-21-41(34,44-25-24-42)23-22-38(31,39)7/h12,15,29,31-34,44H,2,9-11,13-14,16-25H2,1,3-8H3/t29-,31+,32-,33+,34+,37-,38+,39+,40?,41-/m0/s1. The zero-order chi connectivity index (χ0) is 33.3. The van der Waals surface area contributed by atoms with E-state index in [0.717, 1.165) is 37.1 Å². The van der Waals surface area contributed by atoms with Crippen LogP contribution in [-0.4, -0.2) is 29.1 Å². The first-order valence-corrected chi connectivity index (χ1v) is 20.2. The van der Waals surface area contributed by atoms with Crippen molar-refractivity contribution >= 4 is 28.6 Å². The zero-order valence-corrected chi connectivity index (χ0v) is 32.2. The van der Waals surface area contributed by atoms with Gasteiger partial charge in [0.15, 0.2) is 5.41 Å². The molecule has 6 aliphatic carbocycles. The fraction of sp³-hybridized carbons (Fsp3) is 0.805. The van der Waals surface area contributed by atoms with E-state index in [1.807, 2.05) is 6.92 Å². The van der Waals surface area contributed by atoms with Gasteiger partial charge in [-0.1, -0.05) is 81.5 Å². The number of carbonyl (C=O) groups excluding carboxylic acids is 1. The summed E-state index contributed by atoms with van der Waals surface area (Å²) >= 11 is 2.55. The summed E-state index contributed by atoms with van der Waals surface area (Å²) in [4.78, 5) is 12.8. The number of nitriles is 1. The van der Waals surface area contributed by atoms with Gasteiger partial charge < -0.3 is 10.1 Å². The Morgan fingerprint density at radius 3 is 2.39 bits per heavy atom. The molecule has 0 radical (unpaired) electrons. The summed E-state index contributed by atoms with van der Waals surface area (Å²) < 4.78 is 6.52. The lowest BCUT2D eigenvalue weighted by Crippen LogP contribution is -2.68. The molecule has 0 bridgehead atoms. The molecule has 4 fully saturated rings. The van der Waals surface area contributed by atoms with Crippen LogP contribution in [-0.2, 0) is 9.53 Å². The van der Waals surface area contributed by atoms with Gasteiger partial charge in [-0.25, -0.2) is 0 Å². The molecule has 6 aliphatic rings. The maximum Gasteiger partial charge on any atom is 0.326 e. The van der Waals surface area contributed by atoms with E-state index in [9.17, 15) is 10.1 Å². The molecule has 0 heterocycles. The molecule has 0 aliphatic heterocycles. The van der Waals surface area contributed by atoms with Gasteiger partial charge in [-0.2, -0.15) is 5.26 Å². The van der Waals surface area contributed by atoms with Crippen LogP contribution in [0.4, 0.5) is 0 Å². The number of rotatable bonds is 7. The molecule has 10 atom stereocenters. The van der Waals surface area contributed by atoms with E-state index in [-0.39, 0.29) is 16.8 Å². The van der Waals surface area contributed by atoms with Crippen molar-refractivity contribution in [1.29, 1.82) is 5.26 Å². The lowest BCUT2D eigenvalue weighted by Gasteiger charge is -2.72. The minimum atomic E-state index is -1.03. The Balaban J connectivity index is 1.30. The highest BCUT2D eigenvalue weighted by atomic mass is 127. The van der Waals surface area contributed by atoms with Gasteiger partial charge in [0.1, 0.15) is 0 Å².